The number of hydrogen-bond acceptors (Lipinski definition) is 2. The molecule has 0 radical (unpaired) electrons. The van der Waals surface area contributed by atoms with Gasteiger partial charge in [-0.3, -0.25) is 0 Å². The third-order valence-electron chi connectivity index (χ3n) is 3.19. The van der Waals surface area contributed by atoms with E-state index in [-0.39, 0.29) is 5.54 Å². The second kappa shape index (κ2) is 2.74. The molecular weight excluding hydrogens is 186 g/mol. The van der Waals surface area contributed by atoms with Crippen LogP contribution in [0, 0.1) is 0 Å². The molecule has 3 N–H and O–H groups in total. The predicted molar refractivity (Wildman–Crippen MR) is 60.7 cm³/mol. The molecule has 1 aliphatic rings. The molecule has 0 saturated heterocycles. The van der Waals surface area contributed by atoms with Gasteiger partial charge in [0.05, 0.1) is 0 Å². The van der Waals surface area contributed by atoms with Gasteiger partial charge in [-0.15, -0.1) is 0 Å². The summed E-state index contributed by atoms with van der Waals surface area (Å²) >= 11 is 0. The lowest BCUT2D eigenvalue weighted by Crippen LogP contribution is -2.18. The number of rotatable bonds is 1. The van der Waals surface area contributed by atoms with Gasteiger partial charge in [0, 0.05) is 5.54 Å². The first kappa shape index (κ1) is 8.74. The smallest absolute Gasteiger partial charge is 0.116 e. The average molecular weight is 199 g/mol. The van der Waals surface area contributed by atoms with E-state index in [1.807, 2.05) is 6.07 Å². The fraction of sp³-hybridized carbons (Fsp3) is 0.231. The molecule has 15 heavy (non-hydrogen) atoms. The van der Waals surface area contributed by atoms with Crippen molar-refractivity contribution >= 4 is 10.8 Å². The second-order valence-corrected chi connectivity index (χ2v) is 4.40. The van der Waals surface area contributed by atoms with Crippen LogP contribution in [-0.2, 0) is 5.54 Å². The van der Waals surface area contributed by atoms with Crippen molar-refractivity contribution in [2.24, 2.45) is 5.73 Å². The molecular formula is C13H13NO. The van der Waals surface area contributed by atoms with Gasteiger partial charge in [0.2, 0.25) is 0 Å². The Morgan fingerprint density at radius 2 is 1.73 bits per heavy atom. The van der Waals surface area contributed by atoms with Gasteiger partial charge in [-0.2, -0.15) is 0 Å². The number of aromatic hydroxyl groups is 1. The zero-order valence-electron chi connectivity index (χ0n) is 8.40. The van der Waals surface area contributed by atoms with Crippen LogP contribution in [0.5, 0.6) is 5.75 Å². The molecule has 76 valence electrons. The maximum Gasteiger partial charge on any atom is 0.116 e. The minimum absolute atomic E-state index is 0.0976. The zero-order valence-corrected chi connectivity index (χ0v) is 8.40. The first-order chi connectivity index (χ1) is 7.17. The highest BCUT2D eigenvalue weighted by Gasteiger charge is 2.39. The Balaban J connectivity index is 2.20. The first-order valence-electron chi connectivity index (χ1n) is 5.20. The van der Waals surface area contributed by atoms with Gasteiger partial charge in [0.1, 0.15) is 5.75 Å². The van der Waals surface area contributed by atoms with Gasteiger partial charge in [0.15, 0.2) is 0 Å². The molecule has 0 aliphatic heterocycles. The van der Waals surface area contributed by atoms with Crippen LogP contribution < -0.4 is 5.73 Å². The van der Waals surface area contributed by atoms with Crippen molar-refractivity contribution in [1.29, 1.82) is 0 Å². The summed E-state index contributed by atoms with van der Waals surface area (Å²) in [6.07, 6.45) is 2.13. The summed E-state index contributed by atoms with van der Waals surface area (Å²) in [5.74, 6) is 0.307. The Morgan fingerprint density at radius 1 is 1.00 bits per heavy atom. The number of phenols is 1. The van der Waals surface area contributed by atoms with E-state index in [0.717, 1.165) is 23.6 Å². The molecule has 0 bridgehead atoms. The number of benzene rings is 2. The van der Waals surface area contributed by atoms with Crippen LogP contribution in [0.2, 0.25) is 0 Å². The van der Waals surface area contributed by atoms with Crippen LogP contribution in [0.25, 0.3) is 10.8 Å². The van der Waals surface area contributed by atoms with Gasteiger partial charge in [0.25, 0.3) is 0 Å². The third kappa shape index (κ3) is 1.38. The van der Waals surface area contributed by atoms with Crippen molar-refractivity contribution in [3.05, 3.63) is 42.0 Å². The molecule has 3 rings (SSSR count). The topological polar surface area (TPSA) is 46.2 Å². The highest BCUT2D eigenvalue weighted by molar-refractivity contribution is 5.84. The fourth-order valence-electron chi connectivity index (χ4n) is 1.97. The van der Waals surface area contributed by atoms with Gasteiger partial charge in [-0.25, -0.2) is 0 Å². The SMILES string of the molecule is NC1(c2ccc3ccc(O)cc3c2)CC1. The number of fused-ring (bicyclic) bond motifs is 1. The van der Waals surface area contributed by atoms with Gasteiger partial charge in [-0.05, 0) is 47.4 Å². The molecule has 1 aliphatic carbocycles. The Bertz CT molecular complexity index is 529. The highest BCUT2D eigenvalue weighted by Crippen LogP contribution is 2.43. The van der Waals surface area contributed by atoms with E-state index in [1.165, 1.54) is 5.56 Å². The van der Waals surface area contributed by atoms with Crippen molar-refractivity contribution in [2.75, 3.05) is 0 Å². The van der Waals surface area contributed by atoms with Gasteiger partial charge in [-0.1, -0.05) is 18.2 Å². The Morgan fingerprint density at radius 3 is 2.47 bits per heavy atom. The summed E-state index contributed by atoms with van der Waals surface area (Å²) in [4.78, 5) is 0. The zero-order chi connectivity index (χ0) is 10.5. The lowest BCUT2D eigenvalue weighted by molar-refractivity contribution is 0.476. The summed E-state index contributed by atoms with van der Waals surface area (Å²) in [6.45, 7) is 0. The summed E-state index contributed by atoms with van der Waals surface area (Å²) < 4.78 is 0. The normalized spacial score (nSPS) is 17.9. The Kier molecular flexibility index (Phi) is 1.59. The van der Waals surface area contributed by atoms with Gasteiger partial charge >= 0.3 is 0 Å². The Labute approximate surface area is 88.3 Å². The number of phenolic OH excluding ortho intramolecular Hbond substituents is 1. The standard InChI is InChI=1S/C13H13NO/c14-13(5-6-13)11-3-1-9-2-4-12(15)8-10(9)7-11/h1-4,7-8,15H,5-6,14H2. The summed E-state index contributed by atoms with van der Waals surface area (Å²) in [6, 6.07) is 11.7. The molecule has 0 unspecified atom stereocenters. The average Bonchev–Trinajstić information content (AvgIpc) is 2.97. The first-order valence-corrected chi connectivity index (χ1v) is 5.20. The quantitative estimate of drug-likeness (QED) is 0.741. The molecule has 0 amide bonds. The lowest BCUT2D eigenvalue weighted by atomic mass is 10.0. The molecule has 2 heteroatoms. The van der Waals surface area contributed by atoms with Crippen LogP contribution in [0.1, 0.15) is 18.4 Å². The maximum absolute atomic E-state index is 9.41. The van der Waals surface area contributed by atoms with E-state index < -0.39 is 0 Å². The number of nitrogens with two attached hydrogens (primary N) is 1. The molecule has 0 atom stereocenters. The van der Waals surface area contributed by atoms with E-state index in [0.29, 0.717) is 5.75 Å². The molecule has 0 aromatic heterocycles. The minimum atomic E-state index is -0.0976. The van der Waals surface area contributed by atoms with Crippen molar-refractivity contribution < 1.29 is 5.11 Å². The van der Waals surface area contributed by atoms with Crippen LogP contribution >= 0.6 is 0 Å². The number of hydrogen-bond donors (Lipinski definition) is 2. The van der Waals surface area contributed by atoms with Crippen LogP contribution in [0.3, 0.4) is 0 Å². The monoisotopic (exact) mass is 199 g/mol. The molecule has 1 saturated carbocycles. The fourth-order valence-corrected chi connectivity index (χ4v) is 1.97. The third-order valence-corrected chi connectivity index (χ3v) is 3.19. The molecule has 1 fully saturated rings. The van der Waals surface area contributed by atoms with Crippen LogP contribution in [0.4, 0.5) is 0 Å². The maximum atomic E-state index is 9.41. The van der Waals surface area contributed by atoms with E-state index in [9.17, 15) is 5.11 Å². The highest BCUT2D eigenvalue weighted by atomic mass is 16.3. The van der Waals surface area contributed by atoms with Crippen LogP contribution in [-0.4, -0.2) is 5.11 Å². The van der Waals surface area contributed by atoms with Crippen molar-refractivity contribution in [3.8, 4) is 5.75 Å². The molecule has 2 aromatic carbocycles. The summed E-state index contributed by atoms with van der Waals surface area (Å²) in [5, 5.41) is 11.6. The second-order valence-electron chi connectivity index (χ2n) is 4.40. The minimum Gasteiger partial charge on any atom is -0.508 e. The Hall–Kier alpha value is -1.54. The van der Waals surface area contributed by atoms with Crippen molar-refractivity contribution in [2.45, 2.75) is 18.4 Å². The lowest BCUT2D eigenvalue weighted by Gasteiger charge is -2.10. The molecule has 2 aromatic rings. The summed E-state index contributed by atoms with van der Waals surface area (Å²) in [7, 11) is 0. The molecule has 2 nitrogen and oxygen atoms in total. The van der Waals surface area contributed by atoms with Crippen LogP contribution in [0.15, 0.2) is 36.4 Å². The van der Waals surface area contributed by atoms with Gasteiger partial charge < -0.3 is 10.8 Å². The summed E-state index contributed by atoms with van der Waals surface area (Å²) in [5.41, 5.74) is 7.22. The van der Waals surface area contributed by atoms with Crippen molar-refractivity contribution in [1.82, 2.24) is 0 Å². The molecule has 0 spiro atoms. The van der Waals surface area contributed by atoms with E-state index in [4.69, 9.17) is 5.73 Å². The largest absolute Gasteiger partial charge is 0.508 e. The molecule has 0 heterocycles. The predicted octanol–water partition coefficient (Wildman–Crippen LogP) is 2.49. The van der Waals surface area contributed by atoms with E-state index >= 15 is 0 Å². The van der Waals surface area contributed by atoms with E-state index in [2.05, 4.69) is 18.2 Å². The van der Waals surface area contributed by atoms with Crippen molar-refractivity contribution in [3.63, 3.8) is 0 Å². The van der Waals surface area contributed by atoms with E-state index in [1.54, 1.807) is 12.1 Å².